The predicted octanol–water partition coefficient (Wildman–Crippen LogP) is 2.03. The number of benzene rings is 1. The molecule has 0 aliphatic heterocycles. The average Bonchev–Trinajstić information content (AvgIpc) is 2.16. The summed E-state index contributed by atoms with van der Waals surface area (Å²) in [6.07, 6.45) is 0.426. The zero-order valence-electron chi connectivity index (χ0n) is 9.13. The van der Waals surface area contributed by atoms with Gasteiger partial charge < -0.3 is 11.1 Å². The van der Waals surface area contributed by atoms with E-state index in [0.29, 0.717) is 24.4 Å². The lowest BCUT2D eigenvalue weighted by Gasteiger charge is -2.03. The van der Waals surface area contributed by atoms with Gasteiger partial charge in [0, 0.05) is 29.3 Å². The minimum absolute atomic E-state index is 0.0133. The number of anilines is 1. The zero-order valence-corrected chi connectivity index (χ0v) is 9.94. The molecule has 0 aliphatic rings. The highest BCUT2D eigenvalue weighted by atomic mass is 32.2. The van der Waals surface area contributed by atoms with Gasteiger partial charge in [0.05, 0.1) is 0 Å². The predicted molar refractivity (Wildman–Crippen MR) is 64.8 cm³/mol. The molecule has 0 fully saturated rings. The molecule has 0 unspecified atom stereocenters. The fourth-order valence-electron chi connectivity index (χ4n) is 1.21. The van der Waals surface area contributed by atoms with Gasteiger partial charge in [-0.1, -0.05) is 0 Å². The number of hydrogen-bond donors (Lipinski definition) is 2. The average molecular weight is 242 g/mol. The number of rotatable bonds is 5. The quantitative estimate of drug-likeness (QED) is 0.613. The third-order valence-corrected chi connectivity index (χ3v) is 2.84. The molecule has 0 spiro atoms. The Bertz CT molecular complexity index is 351. The summed E-state index contributed by atoms with van der Waals surface area (Å²) in [4.78, 5) is 11.9. The first-order valence-electron chi connectivity index (χ1n) is 5.07. The molecule has 0 heterocycles. The van der Waals surface area contributed by atoms with Crippen LogP contribution >= 0.6 is 11.8 Å². The van der Waals surface area contributed by atoms with E-state index in [-0.39, 0.29) is 11.7 Å². The molecule has 0 atom stereocenters. The van der Waals surface area contributed by atoms with Crippen LogP contribution in [-0.4, -0.2) is 18.2 Å². The van der Waals surface area contributed by atoms with Crippen LogP contribution in [-0.2, 0) is 4.79 Å². The van der Waals surface area contributed by atoms with Gasteiger partial charge in [0.15, 0.2) is 0 Å². The van der Waals surface area contributed by atoms with E-state index in [9.17, 15) is 9.18 Å². The number of amides is 1. The van der Waals surface area contributed by atoms with Crippen LogP contribution in [0.1, 0.15) is 13.3 Å². The third kappa shape index (κ3) is 4.53. The minimum atomic E-state index is -0.347. The highest BCUT2D eigenvalue weighted by Gasteiger charge is 2.02. The number of halogens is 1. The van der Waals surface area contributed by atoms with Crippen LogP contribution in [0.15, 0.2) is 23.1 Å². The summed E-state index contributed by atoms with van der Waals surface area (Å²) >= 11 is 1.42. The molecule has 3 nitrogen and oxygen atoms in total. The molecular weight excluding hydrogens is 227 g/mol. The third-order valence-electron chi connectivity index (χ3n) is 1.87. The zero-order chi connectivity index (χ0) is 12.0. The van der Waals surface area contributed by atoms with Crippen LogP contribution in [0, 0.1) is 5.82 Å². The fraction of sp³-hybridized carbons (Fsp3) is 0.364. The van der Waals surface area contributed by atoms with Crippen molar-refractivity contribution in [2.75, 3.05) is 18.0 Å². The van der Waals surface area contributed by atoms with Gasteiger partial charge in [-0.3, -0.25) is 4.79 Å². The number of hydrogen-bond acceptors (Lipinski definition) is 3. The van der Waals surface area contributed by atoms with Gasteiger partial charge in [0.2, 0.25) is 5.91 Å². The van der Waals surface area contributed by atoms with E-state index in [2.05, 4.69) is 5.32 Å². The second kappa shape index (κ2) is 6.37. The van der Waals surface area contributed by atoms with E-state index < -0.39 is 0 Å². The molecular formula is C11H15FN2OS. The van der Waals surface area contributed by atoms with Crippen LogP contribution in [0.4, 0.5) is 10.1 Å². The molecule has 16 heavy (non-hydrogen) atoms. The Morgan fingerprint density at radius 1 is 1.50 bits per heavy atom. The van der Waals surface area contributed by atoms with Crippen LogP contribution in [0.25, 0.3) is 0 Å². The summed E-state index contributed by atoms with van der Waals surface area (Å²) in [6.45, 7) is 2.51. The smallest absolute Gasteiger partial charge is 0.220 e. The van der Waals surface area contributed by atoms with Crippen LogP contribution in [0.5, 0.6) is 0 Å². The van der Waals surface area contributed by atoms with Crippen molar-refractivity contribution in [3.8, 4) is 0 Å². The molecule has 1 aromatic rings. The molecule has 0 aliphatic carbocycles. The summed E-state index contributed by atoms with van der Waals surface area (Å²) in [7, 11) is 0. The fourth-order valence-corrected chi connectivity index (χ4v) is 2.15. The number of nitrogens with two attached hydrogens (primary N) is 1. The Morgan fingerprint density at radius 2 is 2.25 bits per heavy atom. The Labute approximate surface area is 98.6 Å². The number of nitrogens with one attached hydrogen (secondary N) is 1. The van der Waals surface area contributed by atoms with Gasteiger partial charge in [-0.25, -0.2) is 4.39 Å². The Hall–Kier alpha value is -1.23. The molecule has 3 N–H and O–H groups in total. The van der Waals surface area contributed by atoms with Crippen molar-refractivity contribution in [2.45, 2.75) is 18.2 Å². The SMILES string of the molecule is CCNC(=O)CCSc1cc(N)cc(F)c1. The van der Waals surface area contributed by atoms with E-state index in [4.69, 9.17) is 5.73 Å². The molecule has 5 heteroatoms. The Morgan fingerprint density at radius 3 is 2.88 bits per heavy atom. The van der Waals surface area contributed by atoms with E-state index in [1.165, 1.54) is 23.9 Å². The van der Waals surface area contributed by atoms with Gasteiger partial charge in [-0.2, -0.15) is 0 Å². The maximum atomic E-state index is 13.0. The molecule has 0 bridgehead atoms. The summed E-state index contributed by atoms with van der Waals surface area (Å²) in [5.41, 5.74) is 5.91. The van der Waals surface area contributed by atoms with Gasteiger partial charge in [-0.05, 0) is 25.1 Å². The highest BCUT2D eigenvalue weighted by Crippen LogP contribution is 2.22. The second-order valence-electron chi connectivity index (χ2n) is 3.27. The van der Waals surface area contributed by atoms with Crippen molar-refractivity contribution >= 4 is 23.4 Å². The van der Waals surface area contributed by atoms with Crippen LogP contribution in [0.3, 0.4) is 0 Å². The standard InChI is InChI=1S/C11H15FN2OS/c1-2-14-11(15)3-4-16-10-6-8(12)5-9(13)7-10/h5-7H,2-4,13H2,1H3,(H,14,15). The lowest BCUT2D eigenvalue weighted by Crippen LogP contribution is -2.22. The van der Waals surface area contributed by atoms with Gasteiger partial charge in [0.1, 0.15) is 5.82 Å². The minimum Gasteiger partial charge on any atom is -0.399 e. The van der Waals surface area contributed by atoms with Crippen molar-refractivity contribution < 1.29 is 9.18 Å². The lowest BCUT2D eigenvalue weighted by molar-refractivity contribution is -0.120. The van der Waals surface area contributed by atoms with Crippen molar-refractivity contribution in [3.63, 3.8) is 0 Å². The molecule has 0 saturated carbocycles. The summed E-state index contributed by atoms with van der Waals surface area (Å²) < 4.78 is 13.0. The van der Waals surface area contributed by atoms with E-state index in [0.717, 1.165) is 4.90 Å². The van der Waals surface area contributed by atoms with Gasteiger partial charge >= 0.3 is 0 Å². The van der Waals surface area contributed by atoms with Crippen molar-refractivity contribution in [1.82, 2.24) is 5.32 Å². The molecule has 0 aromatic heterocycles. The first kappa shape index (κ1) is 12.8. The normalized spacial score (nSPS) is 10.1. The van der Waals surface area contributed by atoms with E-state index in [1.54, 1.807) is 6.07 Å². The summed E-state index contributed by atoms with van der Waals surface area (Å²) in [5, 5.41) is 2.70. The molecule has 1 aromatic carbocycles. The topological polar surface area (TPSA) is 55.1 Å². The van der Waals surface area contributed by atoms with Crippen LogP contribution in [0.2, 0.25) is 0 Å². The Kier molecular flexibility index (Phi) is 5.11. The molecule has 1 rings (SSSR count). The maximum Gasteiger partial charge on any atom is 0.220 e. The van der Waals surface area contributed by atoms with E-state index in [1.807, 2.05) is 6.92 Å². The largest absolute Gasteiger partial charge is 0.399 e. The lowest BCUT2D eigenvalue weighted by atomic mass is 10.3. The summed E-state index contributed by atoms with van der Waals surface area (Å²) in [6, 6.07) is 4.39. The first-order chi connectivity index (χ1) is 7.61. The molecule has 0 saturated heterocycles. The van der Waals surface area contributed by atoms with Gasteiger partial charge in [-0.15, -0.1) is 11.8 Å². The van der Waals surface area contributed by atoms with E-state index >= 15 is 0 Å². The second-order valence-corrected chi connectivity index (χ2v) is 4.44. The van der Waals surface area contributed by atoms with Gasteiger partial charge in [0.25, 0.3) is 0 Å². The van der Waals surface area contributed by atoms with Crippen molar-refractivity contribution in [3.05, 3.63) is 24.0 Å². The Balaban J connectivity index is 2.40. The number of carbonyl (C=O) groups is 1. The van der Waals surface area contributed by atoms with Crippen LogP contribution < -0.4 is 11.1 Å². The first-order valence-corrected chi connectivity index (χ1v) is 6.06. The monoisotopic (exact) mass is 242 g/mol. The van der Waals surface area contributed by atoms with Crippen molar-refractivity contribution in [2.24, 2.45) is 0 Å². The van der Waals surface area contributed by atoms with Crippen molar-refractivity contribution in [1.29, 1.82) is 0 Å². The maximum absolute atomic E-state index is 13.0. The number of nitrogen functional groups attached to an aromatic ring is 1. The molecule has 0 radical (unpaired) electrons. The summed E-state index contributed by atoms with van der Waals surface area (Å²) in [5.74, 6) is 0.286. The molecule has 1 amide bonds. The highest BCUT2D eigenvalue weighted by molar-refractivity contribution is 7.99. The number of carbonyl (C=O) groups excluding carboxylic acids is 1. The number of thioether (sulfide) groups is 1. The molecule has 88 valence electrons.